The normalized spacial score (nSPS) is 11.1. The highest BCUT2D eigenvalue weighted by molar-refractivity contribution is 6.08. The van der Waals surface area contributed by atoms with Crippen LogP contribution in [0.3, 0.4) is 0 Å². The molecular weight excluding hydrogens is 286 g/mol. The number of hydrogen-bond donors (Lipinski definition) is 0. The minimum Gasteiger partial charge on any atom is -0.493 e. The molecule has 0 atom stereocenters. The summed E-state index contributed by atoms with van der Waals surface area (Å²) < 4.78 is 23.5. The van der Waals surface area contributed by atoms with Crippen molar-refractivity contribution < 1.29 is 18.6 Å². The number of hydrogen-bond acceptors (Lipinski definition) is 5. The molecule has 0 aliphatic carbocycles. The van der Waals surface area contributed by atoms with Crippen LogP contribution in [0.25, 0.3) is 21.9 Å². The molecule has 3 rings (SSSR count). The standard InChI is InChI=1S/C16H17NO5/c1-8-6-10-12(16(18)17(8)2)9-7-11(19-3)14(20-4)15(21-5)13(9)22-10/h6-7H,1-5H3. The van der Waals surface area contributed by atoms with Gasteiger partial charge in [-0.3, -0.25) is 4.79 Å². The molecule has 3 aromatic rings. The Kier molecular flexibility index (Phi) is 3.24. The maximum atomic E-state index is 12.6. The van der Waals surface area contributed by atoms with Crippen molar-refractivity contribution in [3.05, 3.63) is 28.2 Å². The zero-order valence-corrected chi connectivity index (χ0v) is 13.1. The van der Waals surface area contributed by atoms with E-state index < -0.39 is 0 Å². The van der Waals surface area contributed by atoms with Crippen LogP contribution < -0.4 is 19.8 Å². The zero-order valence-electron chi connectivity index (χ0n) is 13.1. The van der Waals surface area contributed by atoms with E-state index in [2.05, 4.69) is 0 Å². The van der Waals surface area contributed by atoms with Crippen LogP contribution in [0.1, 0.15) is 5.69 Å². The van der Waals surface area contributed by atoms with Crippen LogP contribution in [0, 0.1) is 6.92 Å². The van der Waals surface area contributed by atoms with Gasteiger partial charge in [-0.2, -0.15) is 0 Å². The highest BCUT2D eigenvalue weighted by Gasteiger charge is 2.23. The fourth-order valence-corrected chi connectivity index (χ4v) is 2.65. The number of pyridine rings is 1. The molecule has 2 aromatic heterocycles. The minimum atomic E-state index is -0.122. The van der Waals surface area contributed by atoms with Gasteiger partial charge in [-0.15, -0.1) is 0 Å². The molecule has 1 aromatic carbocycles. The lowest BCUT2D eigenvalue weighted by Gasteiger charge is -2.11. The van der Waals surface area contributed by atoms with E-state index in [0.29, 0.717) is 39.2 Å². The summed E-state index contributed by atoms with van der Waals surface area (Å²) in [6.45, 7) is 1.85. The number of ether oxygens (including phenoxy) is 3. The van der Waals surface area contributed by atoms with Crippen LogP contribution in [-0.2, 0) is 7.05 Å². The molecule has 2 heterocycles. The highest BCUT2D eigenvalue weighted by atomic mass is 16.5. The van der Waals surface area contributed by atoms with Gasteiger partial charge in [-0.05, 0) is 13.0 Å². The molecular formula is C16H17NO5. The number of aryl methyl sites for hydroxylation is 1. The second-order valence-corrected chi connectivity index (χ2v) is 5.01. The first-order valence-corrected chi connectivity index (χ1v) is 6.75. The number of benzene rings is 1. The van der Waals surface area contributed by atoms with Gasteiger partial charge in [0.15, 0.2) is 11.3 Å². The van der Waals surface area contributed by atoms with Crippen LogP contribution in [0.2, 0.25) is 0 Å². The van der Waals surface area contributed by atoms with Gasteiger partial charge in [-0.1, -0.05) is 0 Å². The maximum absolute atomic E-state index is 12.6. The van der Waals surface area contributed by atoms with Crippen LogP contribution in [0.4, 0.5) is 0 Å². The Morgan fingerprint density at radius 3 is 2.32 bits per heavy atom. The van der Waals surface area contributed by atoms with E-state index in [0.717, 1.165) is 5.69 Å². The first-order chi connectivity index (χ1) is 10.5. The molecule has 0 aliphatic rings. The summed E-state index contributed by atoms with van der Waals surface area (Å²) in [5.74, 6) is 1.33. The molecule has 0 saturated heterocycles. The third-order valence-electron chi connectivity index (χ3n) is 3.90. The average molecular weight is 303 g/mol. The Morgan fingerprint density at radius 2 is 1.73 bits per heavy atom. The summed E-state index contributed by atoms with van der Waals surface area (Å²) >= 11 is 0. The van der Waals surface area contributed by atoms with Crippen molar-refractivity contribution in [3.8, 4) is 17.2 Å². The van der Waals surface area contributed by atoms with Gasteiger partial charge in [0, 0.05) is 24.2 Å². The lowest BCUT2D eigenvalue weighted by atomic mass is 10.1. The average Bonchev–Trinajstić information content (AvgIpc) is 2.88. The molecule has 0 radical (unpaired) electrons. The fourth-order valence-electron chi connectivity index (χ4n) is 2.65. The molecule has 0 unspecified atom stereocenters. The van der Waals surface area contributed by atoms with E-state index in [9.17, 15) is 4.79 Å². The van der Waals surface area contributed by atoms with Crippen LogP contribution in [0.5, 0.6) is 17.2 Å². The van der Waals surface area contributed by atoms with Gasteiger partial charge in [0.1, 0.15) is 5.58 Å². The lowest BCUT2D eigenvalue weighted by molar-refractivity contribution is 0.324. The van der Waals surface area contributed by atoms with Crippen LogP contribution in [-0.4, -0.2) is 25.9 Å². The molecule has 22 heavy (non-hydrogen) atoms. The van der Waals surface area contributed by atoms with Crippen molar-refractivity contribution >= 4 is 21.9 Å². The van der Waals surface area contributed by atoms with Gasteiger partial charge in [0.05, 0.1) is 26.7 Å². The molecule has 0 spiro atoms. The molecule has 0 N–H and O–H groups in total. The Morgan fingerprint density at radius 1 is 1.05 bits per heavy atom. The van der Waals surface area contributed by atoms with E-state index in [1.807, 2.05) is 13.0 Å². The molecule has 6 heteroatoms. The smallest absolute Gasteiger partial charge is 0.262 e. The Labute approximate surface area is 126 Å². The van der Waals surface area contributed by atoms with Crippen molar-refractivity contribution in [3.63, 3.8) is 0 Å². The molecule has 6 nitrogen and oxygen atoms in total. The van der Waals surface area contributed by atoms with Crippen molar-refractivity contribution in [2.24, 2.45) is 7.05 Å². The van der Waals surface area contributed by atoms with Crippen molar-refractivity contribution in [1.82, 2.24) is 4.57 Å². The van der Waals surface area contributed by atoms with Crippen LogP contribution in [0.15, 0.2) is 21.3 Å². The number of aromatic nitrogens is 1. The molecule has 0 bridgehead atoms. The Balaban J connectivity index is 2.58. The van der Waals surface area contributed by atoms with Gasteiger partial charge in [-0.25, -0.2) is 0 Å². The van der Waals surface area contributed by atoms with E-state index in [4.69, 9.17) is 18.6 Å². The number of nitrogens with zero attached hydrogens (tertiary/aromatic N) is 1. The highest BCUT2D eigenvalue weighted by Crippen LogP contribution is 2.45. The molecule has 0 saturated carbocycles. The summed E-state index contributed by atoms with van der Waals surface area (Å²) in [6.07, 6.45) is 0. The summed E-state index contributed by atoms with van der Waals surface area (Å²) in [7, 11) is 6.31. The largest absolute Gasteiger partial charge is 0.493 e. The fraction of sp³-hybridized carbons (Fsp3) is 0.312. The first-order valence-electron chi connectivity index (χ1n) is 6.75. The van der Waals surface area contributed by atoms with E-state index in [1.54, 1.807) is 17.7 Å². The maximum Gasteiger partial charge on any atom is 0.262 e. The van der Waals surface area contributed by atoms with Crippen molar-refractivity contribution in [2.75, 3.05) is 21.3 Å². The predicted octanol–water partition coefficient (Wildman–Crippen LogP) is 2.62. The zero-order chi connectivity index (χ0) is 16.0. The topological polar surface area (TPSA) is 62.8 Å². The van der Waals surface area contributed by atoms with E-state index in [1.165, 1.54) is 21.3 Å². The molecule has 0 amide bonds. The molecule has 0 aliphatic heterocycles. The summed E-state index contributed by atoms with van der Waals surface area (Å²) in [4.78, 5) is 12.6. The van der Waals surface area contributed by atoms with Crippen molar-refractivity contribution in [1.29, 1.82) is 0 Å². The van der Waals surface area contributed by atoms with E-state index >= 15 is 0 Å². The predicted molar refractivity (Wildman–Crippen MR) is 83.4 cm³/mol. The summed E-state index contributed by atoms with van der Waals surface area (Å²) in [6, 6.07) is 3.56. The van der Waals surface area contributed by atoms with Gasteiger partial charge in [0.2, 0.25) is 11.5 Å². The molecule has 116 valence electrons. The minimum absolute atomic E-state index is 0.122. The second-order valence-electron chi connectivity index (χ2n) is 5.01. The number of fused-ring (bicyclic) bond motifs is 3. The Bertz CT molecular complexity index is 935. The van der Waals surface area contributed by atoms with Gasteiger partial charge < -0.3 is 23.2 Å². The summed E-state index contributed by atoms with van der Waals surface area (Å²) in [5, 5.41) is 1.15. The number of methoxy groups -OCH3 is 3. The third kappa shape index (κ3) is 1.76. The van der Waals surface area contributed by atoms with Gasteiger partial charge >= 0.3 is 0 Å². The second kappa shape index (κ2) is 4.98. The lowest BCUT2D eigenvalue weighted by Crippen LogP contribution is -2.18. The third-order valence-corrected chi connectivity index (χ3v) is 3.90. The SMILES string of the molecule is COc1cc2c(oc3cc(C)n(C)c(=O)c32)c(OC)c1OC. The molecule has 0 fully saturated rings. The monoisotopic (exact) mass is 303 g/mol. The van der Waals surface area contributed by atoms with Gasteiger partial charge in [0.25, 0.3) is 5.56 Å². The quantitative estimate of drug-likeness (QED) is 0.744. The number of furan rings is 1. The summed E-state index contributed by atoms with van der Waals surface area (Å²) in [5.41, 5.74) is 1.68. The van der Waals surface area contributed by atoms with E-state index in [-0.39, 0.29) is 5.56 Å². The number of rotatable bonds is 3. The van der Waals surface area contributed by atoms with Crippen LogP contribution >= 0.6 is 0 Å². The first kappa shape index (κ1) is 14.3. The van der Waals surface area contributed by atoms with Crippen molar-refractivity contribution in [2.45, 2.75) is 6.92 Å². The Hall–Kier alpha value is -2.63.